The number of ether oxygens (including phenoxy) is 1. The van der Waals surface area contributed by atoms with Gasteiger partial charge in [-0.15, -0.1) is 0 Å². The van der Waals surface area contributed by atoms with Crippen LogP contribution in [0.25, 0.3) is 11.4 Å². The van der Waals surface area contributed by atoms with Crippen molar-refractivity contribution in [2.24, 2.45) is 5.92 Å². The largest absolute Gasteiger partial charge is 0.487 e. The van der Waals surface area contributed by atoms with Crippen LogP contribution < -0.4 is 10.1 Å². The van der Waals surface area contributed by atoms with E-state index < -0.39 is 0 Å². The van der Waals surface area contributed by atoms with Gasteiger partial charge in [-0.05, 0) is 51.4 Å². The Hall–Kier alpha value is -2.90. The van der Waals surface area contributed by atoms with E-state index in [9.17, 15) is 4.79 Å². The third-order valence-electron chi connectivity index (χ3n) is 6.48. The topological polar surface area (TPSA) is 80.5 Å². The first-order valence-corrected chi connectivity index (χ1v) is 12.1. The van der Waals surface area contributed by atoms with Crippen molar-refractivity contribution in [1.29, 1.82) is 0 Å². The number of nitrogens with one attached hydrogen (secondary N) is 1. The van der Waals surface area contributed by atoms with Crippen LogP contribution in [0.4, 0.5) is 0 Å². The SMILES string of the molecule is CC1(C)CC(NC(=O)C2CCCN(Cc3nc(-c4cccc(Cl)c4)no3)C2)c2ccccc2O1. The fourth-order valence-corrected chi connectivity index (χ4v) is 5.08. The molecule has 0 bridgehead atoms. The minimum absolute atomic E-state index is 0.0565. The van der Waals surface area contributed by atoms with Gasteiger partial charge in [-0.3, -0.25) is 9.69 Å². The Morgan fingerprint density at radius 2 is 2.09 bits per heavy atom. The van der Waals surface area contributed by atoms with Crippen LogP contribution in [0.5, 0.6) is 5.75 Å². The predicted octanol–water partition coefficient (Wildman–Crippen LogP) is 5.02. The molecule has 1 aromatic heterocycles. The molecule has 34 heavy (non-hydrogen) atoms. The smallest absolute Gasteiger partial charge is 0.241 e. The summed E-state index contributed by atoms with van der Waals surface area (Å²) in [6.07, 6.45) is 2.55. The number of carbonyl (C=O) groups excluding carboxylic acids is 1. The number of hydrogen-bond donors (Lipinski definition) is 1. The lowest BCUT2D eigenvalue weighted by Gasteiger charge is -2.39. The normalized spacial score (nSPS) is 22.0. The summed E-state index contributed by atoms with van der Waals surface area (Å²) in [7, 11) is 0. The van der Waals surface area contributed by atoms with Gasteiger partial charge in [0.1, 0.15) is 11.4 Å². The number of fused-ring (bicyclic) bond motifs is 1. The van der Waals surface area contributed by atoms with Gasteiger partial charge in [0, 0.05) is 29.1 Å². The Kier molecular flexibility index (Phi) is 6.32. The maximum atomic E-state index is 13.3. The number of para-hydroxylation sites is 1. The van der Waals surface area contributed by atoms with Gasteiger partial charge in [-0.25, -0.2) is 0 Å². The van der Waals surface area contributed by atoms with E-state index in [0.29, 0.717) is 29.8 Å². The molecule has 178 valence electrons. The second kappa shape index (κ2) is 9.39. The van der Waals surface area contributed by atoms with Crippen molar-refractivity contribution in [3.05, 3.63) is 65.0 Å². The zero-order chi connectivity index (χ0) is 23.7. The third-order valence-corrected chi connectivity index (χ3v) is 6.71. The molecule has 2 atom stereocenters. The van der Waals surface area contributed by atoms with E-state index in [0.717, 1.165) is 42.7 Å². The van der Waals surface area contributed by atoms with Crippen molar-refractivity contribution in [3.63, 3.8) is 0 Å². The molecule has 2 unspecified atom stereocenters. The molecule has 3 heterocycles. The number of amides is 1. The van der Waals surface area contributed by atoms with Gasteiger partial charge in [-0.1, -0.05) is 47.1 Å². The highest BCUT2D eigenvalue weighted by molar-refractivity contribution is 6.30. The highest BCUT2D eigenvalue weighted by Gasteiger charge is 2.36. The molecule has 5 rings (SSSR count). The van der Waals surface area contributed by atoms with Gasteiger partial charge in [0.25, 0.3) is 0 Å². The van der Waals surface area contributed by atoms with E-state index in [-0.39, 0.29) is 23.5 Å². The molecular weight excluding hydrogens is 452 g/mol. The number of halogens is 1. The van der Waals surface area contributed by atoms with E-state index in [1.807, 2.05) is 48.5 Å². The Morgan fingerprint density at radius 3 is 2.94 bits per heavy atom. The fraction of sp³-hybridized carbons (Fsp3) is 0.423. The van der Waals surface area contributed by atoms with Gasteiger partial charge in [-0.2, -0.15) is 4.98 Å². The van der Waals surface area contributed by atoms with E-state index in [2.05, 4.69) is 34.2 Å². The number of piperidine rings is 1. The quantitative estimate of drug-likeness (QED) is 0.552. The molecule has 0 aliphatic carbocycles. The summed E-state index contributed by atoms with van der Waals surface area (Å²) in [6.45, 7) is 6.20. The van der Waals surface area contributed by atoms with E-state index in [1.165, 1.54) is 0 Å². The van der Waals surface area contributed by atoms with Crippen molar-refractivity contribution in [3.8, 4) is 17.1 Å². The van der Waals surface area contributed by atoms with Gasteiger partial charge < -0.3 is 14.6 Å². The van der Waals surface area contributed by atoms with Crippen LogP contribution in [0.2, 0.25) is 5.02 Å². The molecule has 2 aliphatic heterocycles. The molecule has 8 heteroatoms. The summed E-state index contributed by atoms with van der Waals surface area (Å²) >= 11 is 6.08. The zero-order valence-electron chi connectivity index (χ0n) is 19.5. The molecule has 0 radical (unpaired) electrons. The molecule has 1 fully saturated rings. The predicted molar refractivity (Wildman–Crippen MR) is 129 cm³/mol. The van der Waals surface area contributed by atoms with Crippen LogP contribution in [0.3, 0.4) is 0 Å². The molecule has 2 aliphatic rings. The highest BCUT2D eigenvalue weighted by Crippen LogP contribution is 2.39. The van der Waals surface area contributed by atoms with Crippen LogP contribution in [-0.2, 0) is 11.3 Å². The van der Waals surface area contributed by atoms with Crippen molar-refractivity contribution in [1.82, 2.24) is 20.4 Å². The number of likely N-dealkylation sites (tertiary alicyclic amines) is 1. The number of nitrogens with zero attached hydrogens (tertiary/aromatic N) is 3. The number of aromatic nitrogens is 2. The summed E-state index contributed by atoms with van der Waals surface area (Å²) in [5.41, 5.74) is 1.53. The Bertz CT molecular complexity index is 1180. The van der Waals surface area contributed by atoms with E-state index in [1.54, 1.807) is 0 Å². The summed E-state index contributed by atoms with van der Waals surface area (Å²) < 4.78 is 11.6. The van der Waals surface area contributed by atoms with Gasteiger partial charge in [0.15, 0.2) is 0 Å². The Balaban J connectivity index is 1.22. The maximum Gasteiger partial charge on any atom is 0.241 e. The lowest BCUT2D eigenvalue weighted by molar-refractivity contribution is -0.128. The van der Waals surface area contributed by atoms with E-state index >= 15 is 0 Å². The third kappa shape index (κ3) is 5.10. The van der Waals surface area contributed by atoms with E-state index in [4.69, 9.17) is 20.9 Å². The summed E-state index contributed by atoms with van der Waals surface area (Å²) in [5, 5.41) is 8.03. The van der Waals surface area contributed by atoms with Crippen molar-refractivity contribution < 1.29 is 14.1 Å². The Labute approximate surface area is 204 Å². The second-order valence-corrected chi connectivity index (χ2v) is 10.2. The summed E-state index contributed by atoms with van der Waals surface area (Å²) in [6, 6.07) is 15.3. The molecule has 1 amide bonds. The molecule has 0 saturated carbocycles. The lowest BCUT2D eigenvalue weighted by Crippen LogP contribution is -2.46. The molecule has 7 nitrogen and oxygen atoms in total. The maximum absolute atomic E-state index is 13.3. The second-order valence-electron chi connectivity index (χ2n) is 9.76. The van der Waals surface area contributed by atoms with Crippen LogP contribution in [0.15, 0.2) is 53.1 Å². The molecule has 1 saturated heterocycles. The highest BCUT2D eigenvalue weighted by atomic mass is 35.5. The molecular formula is C26H29ClN4O3. The lowest BCUT2D eigenvalue weighted by atomic mass is 9.88. The number of hydrogen-bond acceptors (Lipinski definition) is 6. The first-order valence-electron chi connectivity index (χ1n) is 11.8. The van der Waals surface area contributed by atoms with Crippen LogP contribution in [0.1, 0.15) is 50.6 Å². The van der Waals surface area contributed by atoms with Crippen LogP contribution in [0, 0.1) is 5.92 Å². The standard InChI is InChI=1S/C26H29ClN4O3/c1-26(2)14-21(20-10-3-4-11-22(20)33-26)28-25(32)18-8-6-12-31(15-18)16-23-29-24(30-34-23)17-7-5-9-19(27)13-17/h3-5,7,9-11,13,18,21H,6,8,12,14-16H2,1-2H3,(H,28,32). The molecule has 1 N–H and O–H groups in total. The minimum Gasteiger partial charge on any atom is -0.487 e. The van der Waals surface area contributed by atoms with Gasteiger partial charge >= 0.3 is 0 Å². The summed E-state index contributed by atoms with van der Waals surface area (Å²) in [4.78, 5) is 20.0. The van der Waals surface area contributed by atoms with Crippen LogP contribution >= 0.6 is 11.6 Å². The molecule has 3 aromatic rings. The minimum atomic E-state index is -0.330. The first kappa shape index (κ1) is 22.9. The van der Waals surface area contributed by atoms with Crippen molar-refractivity contribution >= 4 is 17.5 Å². The monoisotopic (exact) mass is 480 g/mol. The average Bonchev–Trinajstić information content (AvgIpc) is 3.27. The average molecular weight is 481 g/mol. The van der Waals surface area contributed by atoms with Crippen molar-refractivity contribution in [2.45, 2.75) is 51.3 Å². The van der Waals surface area contributed by atoms with Crippen molar-refractivity contribution in [2.75, 3.05) is 13.1 Å². The zero-order valence-corrected chi connectivity index (χ0v) is 20.2. The fourth-order valence-electron chi connectivity index (χ4n) is 4.89. The summed E-state index contributed by atoms with van der Waals surface area (Å²) in [5.74, 6) is 1.91. The Morgan fingerprint density at radius 1 is 1.24 bits per heavy atom. The van der Waals surface area contributed by atoms with Gasteiger partial charge in [0.2, 0.25) is 17.6 Å². The first-order chi connectivity index (χ1) is 16.4. The van der Waals surface area contributed by atoms with Crippen LogP contribution in [-0.4, -0.2) is 39.6 Å². The number of rotatable bonds is 5. The number of benzene rings is 2. The number of carbonyl (C=O) groups is 1. The molecule has 0 spiro atoms. The van der Waals surface area contributed by atoms with Gasteiger partial charge in [0.05, 0.1) is 18.5 Å². The molecule has 2 aromatic carbocycles.